The van der Waals surface area contributed by atoms with Gasteiger partial charge in [0.1, 0.15) is 12.6 Å². The van der Waals surface area contributed by atoms with Crippen molar-refractivity contribution in [1.82, 2.24) is 10.2 Å². The molecule has 0 unspecified atom stereocenters. The van der Waals surface area contributed by atoms with E-state index >= 15 is 0 Å². The van der Waals surface area contributed by atoms with Crippen LogP contribution >= 0.6 is 27.5 Å². The Kier molecular flexibility index (Phi) is 11.8. The van der Waals surface area contributed by atoms with E-state index in [0.29, 0.717) is 17.1 Å². The van der Waals surface area contributed by atoms with Crippen molar-refractivity contribution >= 4 is 55.1 Å². The van der Waals surface area contributed by atoms with Gasteiger partial charge in [0.15, 0.2) is 0 Å². The number of nitrogens with one attached hydrogen (secondary N) is 1. The predicted octanol–water partition coefficient (Wildman–Crippen LogP) is 7.08. The molecule has 0 fully saturated rings. The number of nitrogens with zero attached hydrogens (tertiary/aromatic N) is 2. The van der Waals surface area contributed by atoms with Crippen LogP contribution in [0.4, 0.5) is 5.69 Å². The molecule has 45 heavy (non-hydrogen) atoms. The van der Waals surface area contributed by atoms with Crippen molar-refractivity contribution in [2.75, 3.05) is 17.4 Å². The SMILES string of the molecule is CCCNC(=O)[C@@H](Cc1ccccc1)N(Cc1cccc(Br)c1)C(=O)CN(c1cccc(Cl)c1C)S(=O)(=O)c1ccc(C)cc1. The third kappa shape index (κ3) is 8.75. The highest BCUT2D eigenvalue weighted by molar-refractivity contribution is 9.10. The largest absolute Gasteiger partial charge is 0.354 e. The lowest BCUT2D eigenvalue weighted by molar-refractivity contribution is -0.140. The first-order valence-electron chi connectivity index (χ1n) is 14.7. The minimum Gasteiger partial charge on any atom is -0.354 e. The second-order valence-corrected chi connectivity index (χ2v) is 14.0. The molecule has 7 nitrogen and oxygen atoms in total. The number of carbonyl (C=O) groups excluding carboxylic acids is 2. The molecule has 4 rings (SSSR count). The maximum atomic E-state index is 14.5. The Balaban J connectivity index is 1.83. The standard InChI is InChI=1S/C35H37BrClN3O4S/c1-4-20-38-35(42)33(22-27-10-6-5-7-11-27)39(23-28-12-8-13-29(36)21-28)34(41)24-40(32-15-9-14-31(37)26(32)3)45(43,44)30-18-16-25(2)17-19-30/h5-19,21,33H,4,20,22-24H2,1-3H3,(H,38,42)/t33-/m1/s1. The molecule has 1 atom stereocenters. The molecule has 0 aliphatic rings. The minimum atomic E-state index is -4.22. The summed E-state index contributed by atoms with van der Waals surface area (Å²) in [7, 11) is -4.22. The van der Waals surface area contributed by atoms with Crippen molar-refractivity contribution in [2.45, 2.75) is 51.1 Å². The van der Waals surface area contributed by atoms with Gasteiger partial charge >= 0.3 is 0 Å². The summed E-state index contributed by atoms with van der Waals surface area (Å²) < 4.78 is 30.4. The summed E-state index contributed by atoms with van der Waals surface area (Å²) in [6, 6.07) is 27.5. The first kappa shape index (κ1) is 34.2. The van der Waals surface area contributed by atoms with Crippen molar-refractivity contribution in [3.05, 3.63) is 129 Å². The van der Waals surface area contributed by atoms with E-state index in [-0.39, 0.29) is 29.5 Å². The molecule has 10 heteroatoms. The first-order chi connectivity index (χ1) is 21.5. The topological polar surface area (TPSA) is 86.8 Å². The van der Waals surface area contributed by atoms with E-state index < -0.39 is 28.5 Å². The first-order valence-corrected chi connectivity index (χ1v) is 17.3. The van der Waals surface area contributed by atoms with Gasteiger partial charge in [-0.25, -0.2) is 8.42 Å². The van der Waals surface area contributed by atoms with Gasteiger partial charge in [-0.05, 0) is 73.4 Å². The van der Waals surface area contributed by atoms with Gasteiger partial charge in [-0.3, -0.25) is 13.9 Å². The minimum absolute atomic E-state index is 0.0420. The Hall–Kier alpha value is -3.66. The number of rotatable bonds is 13. The Labute approximate surface area is 279 Å². The zero-order chi connectivity index (χ0) is 32.6. The summed E-state index contributed by atoms with van der Waals surface area (Å²) in [6.45, 7) is 5.53. The lowest BCUT2D eigenvalue weighted by Gasteiger charge is -2.34. The number of benzene rings is 4. The van der Waals surface area contributed by atoms with Gasteiger partial charge in [0.05, 0.1) is 10.6 Å². The molecule has 0 aliphatic carbocycles. The summed E-state index contributed by atoms with van der Waals surface area (Å²) in [5.74, 6) is -0.839. The van der Waals surface area contributed by atoms with Gasteiger partial charge < -0.3 is 10.2 Å². The monoisotopic (exact) mass is 709 g/mol. The number of aryl methyl sites for hydroxylation is 1. The highest BCUT2D eigenvalue weighted by atomic mass is 79.9. The number of halogens is 2. The van der Waals surface area contributed by atoms with Crippen molar-refractivity contribution in [2.24, 2.45) is 0 Å². The van der Waals surface area contributed by atoms with Gasteiger partial charge in [-0.15, -0.1) is 0 Å². The molecular formula is C35H37BrClN3O4S. The number of carbonyl (C=O) groups is 2. The average molecular weight is 711 g/mol. The Morgan fingerprint density at radius 2 is 1.56 bits per heavy atom. The van der Waals surface area contributed by atoms with E-state index in [1.165, 1.54) is 17.0 Å². The van der Waals surface area contributed by atoms with Crippen LogP contribution in [0.15, 0.2) is 106 Å². The molecular weight excluding hydrogens is 674 g/mol. The molecule has 4 aromatic carbocycles. The Morgan fingerprint density at radius 3 is 2.22 bits per heavy atom. The maximum absolute atomic E-state index is 14.5. The fourth-order valence-corrected chi connectivity index (χ4v) is 7.06. The molecule has 0 heterocycles. The maximum Gasteiger partial charge on any atom is 0.264 e. The normalized spacial score (nSPS) is 11.9. The molecule has 1 N–H and O–H groups in total. The summed E-state index contributed by atoms with van der Waals surface area (Å²) in [5.41, 5.74) is 3.36. The molecule has 0 saturated heterocycles. The van der Waals surface area contributed by atoms with Crippen LogP contribution in [0.3, 0.4) is 0 Å². The van der Waals surface area contributed by atoms with Crippen LogP contribution in [0.25, 0.3) is 0 Å². The second-order valence-electron chi connectivity index (χ2n) is 10.9. The molecule has 0 radical (unpaired) electrons. The Morgan fingerprint density at radius 1 is 0.889 bits per heavy atom. The fourth-order valence-electron chi connectivity index (χ4n) is 4.97. The van der Waals surface area contributed by atoms with Crippen molar-refractivity contribution in [3.63, 3.8) is 0 Å². The van der Waals surface area contributed by atoms with E-state index in [1.807, 2.05) is 68.4 Å². The molecule has 2 amide bonds. The molecule has 0 spiro atoms. The van der Waals surface area contributed by atoms with Gasteiger partial charge in [0.2, 0.25) is 11.8 Å². The van der Waals surface area contributed by atoms with Gasteiger partial charge in [0.25, 0.3) is 10.0 Å². The van der Waals surface area contributed by atoms with E-state index in [1.54, 1.807) is 37.3 Å². The van der Waals surface area contributed by atoms with Gasteiger partial charge in [-0.1, -0.05) is 101 Å². The van der Waals surface area contributed by atoms with Crippen molar-refractivity contribution in [1.29, 1.82) is 0 Å². The molecule has 4 aromatic rings. The van der Waals surface area contributed by atoms with Crippen molar-refractivity contribution in [3.8, 4) is 0 Å². The third-order valence-corrected chi connectivity index (χ3v) is 10.1. The van der Waals surface area contributed by atoms with Crippen LogP contribution in [-0.4, -0.2) is 44.3 Å². The number of hydrogen-bond acceptors (Lipinski definition) is 4. The third-order valence-electron chi connectivity index (χ3n) is 7.46. The van der Waals surface area contributed by atoms with Crippen LogP contribution < -0.4 is 9.62 Å². The summed E-state index contributed by atoms with van der Waals surface area (Å²) in [4.78, 5) is 29.8. The van der Waals surface area contributed by atoms with Crippen LogP contribution in [0.1, 0.15) is 35.6 Å². The van der Waals surface area contributed by atoms with Crippen LogP contribution in [0.2, 0.25) is 5.02 Å². The van der Waals surface area contributed by atoms with E-state index in [4.69, 9.17) is 11.6 Å². The summed E-state index contributed by atoms with van der Waals surface area (Å²) in [6.07, 6.45) is 0.969. The highest BCUT2D eigenvalue weighted by Crippen LogP contribution is 2.31. The molecule has 0 aliphatic heterocycles. The van der Waals surface area contributed by atoms with Gasteiger partial charge in [-0.2, -0.15) is 0 Å². The molecule has 0 aromatic heterocycles. The van der Waals surface area contributed by atoms with E-state index in [2.05, 4.69) is 21.2 Å². The average Bonchev–Trinajstić information content (AvgIpc) is 3.02. The van der Waals surface area contributed by atoms with Crippen LogP contribution in [0.5, 0.6) is 0 Å². The number of hydrogen-bond donors (Lipinski definition) is 1. The number of anilines is 1. The highest BCUT2D eigenvalue weighted by Gasteiger charge is 2.35. The molecule has 0 bridgehead atoms. The lowest BCUT2D eigenvalue weighted by atomic mass is 10.0. The van der Waals surface area contributed by atoms with E-state index in [9.17, 15) is 18.0 Å². The summed E-state index contributed by atoms with van der Waals surface area (Å²) in [5, 5.41) is 3.33. The zero-order valence-electron chi connectivity index (χ0n) is 25.5. The lowest BCUT2D eigenvalue weighted by Crippen LogP contribution is -2.53. The predicted molar refractivity (Wildman–Crippen MR) is 184 cm³/mol. The Bertz CT molecular complexity index is 1730. The number of amides is 2. The molecule has 236 valence electrons. The van der Waals surface area contributed by atoms with Crippen LogP contribution in [0, 0.1) is 13.8 Å². The zero-order valence-corrected chi connectivity index (χ0v) is 28.7. The second kappa shape index (κ2) is 15.6. The molecule has 0 saturated carbocycles. The summed E-state index contributed by atoms with van der Waals surface area (Å²) >= 11 is 9.96. The number of sulfonamides is 1. The van der Waals surface area contributed by atoms with Crippen LogP contribution in [-0.2, 0) is 32.6 Å². The van der Waals surface area contributed by atoms with Crippen molar-refractivity contribution < 1.29 is 18.0 Å². The quantitative estimate of drug-likeness (QED) is 0.161. The van der Waals surface area contributed by atoms with Gasteiger partial charge in [0, 0.05) is 29.0 Å². The smallest absolute Gasteiger partial charge is 0.264 e. The van der Waals surface area contributed by atoms with E-state index in [0.717, 1.165) is 31.9 Å². The fraction of sp³-hybridized carbons (Fsp3) is 0.257.